The van der Waals surface area contributed by atoms with E-state index in [9.17, 15) is 14.9 Å². The predicted molar refractivity (Wildman–Crippen MR) is 75.1 cm³/mol. The molecule has 0 saturated carbocycles. The monoisotopic (exact) mass is 309 g/mol. The van der Waals surface area contributed by atoms with E-state index >= 15 is 0 Å². The van der Waals surface area contributed by atoms with Gasteiger partial charge >= 0.3 is 0 Å². The lowest BCUT2D eigenvalue weighted by molar-refractivity contribution is -0.385. The van der Waals surface area contributed by atoms with Crippen molar-refractivity contribution >= 4 is 23.2 Å². The highest BCUT2D eigenvalue weighted by atomic mass is 35.5. The molecule has 110 valence electrons. The van der Waals surface area contributed by atoms with Crippen molar-refractivity contribution < 1.29 is 9.72 Å². The third-order valence-corrected chi connectivity index (χ3v) is 3.07. The summed E-state index contributed by atoms with van der Waals surface area (Å²) >= 11 is 5.78. The molecule has 9 heteroatoms. The van der Waals surface area contributed by atoms with Crippen molar-refractivity contribution in [3.05, 3.63) is 51.1 Å². The molecular weight excluding hydrogens is 298 g/mol. The molecule has 0 aliphatic rings. The molecule has 0 fully saturated rings. The van der Waals surface area contributed by atoms with Gasteiger partial charge < -0.3 is 9.88 Å². The summed E-state index contributed by atoms with van der Waals surface area (Å²) in [5.74, 6) is 0.155. The Labute approximate surface area is 124 Å². The average Bonchev–Trinajstić information content (AvgIpc) is 2.84. The lowest BCUT2D eigenvalue weighted by Crippen LogP contribution is -2.27. The lowest BCUT2D eigenvalue weighted by atomic mass is 10.1. The number of aryl methyl sites for hydroxylation is 1. The van der Waals surface area contributed by atoms with Gasteiger partial charge in [-0.2, -0.15) is 0 Å². The topological polar surface area (TPSA) is 103 Å². The van der Waals surface area contributed by atoms with Crippen molar-refractivity contribution in [1.82, 2.24) is 20.1 Å². The molecular formula is C12H12ClN5O3. The summed E-state index contributed by atoms with van der Waals surface area (Å²) in [6.07, 6.45) is 2.02. The molecule has 2 rings (SSSR count). The van der Waals surface area contributed by atoms with Gasteiger partial charge in [0, 0.05) is 31.1 Å². The minimum atomic E-state index is -0.617. The molecule has 1 aromatic carbocycles. The van der Waals surface area contributed by atoms with E-state index in [4.69, 9.17) is 11.6 Å². The Bertz CT molecular complexity index is 685. The number of nitrogens with one attached hydrogen (secondary N) is 1. The molecule has 0 atom stereocenters. The smallest absolute Gasteiger partial charge is 0.282 e. The van der Waals surface area contributed by atoms with Crippen LogP contribution in [0.3, 0.4) is 0 Å². The van der Waals surface area contributed by atoms with Gasteiger partial charge in [-0.25, -0.2) is 0 Å². The van der Waals surface area contributed by atoms with Crippen LogP contribution in [0.2, 0.25) is 5.02 Å². The number of nitro benzene ring substituents is 1. The zero-order valence-corrected chi connectivity index (χ0v) is 11.9. The maximum absolute atomic E-state index is 12.0. The van der Waals surface area contributed by atoms with Crippen molar-refractivity contribution in [2.24, 2.45) is 7.05 Å². The van der Waals surface area contributed by atoms with Crippen molar-refractivity contribution in [3.8, 4) is 0 Å². The standard InChI is InChI=1S/C12H12ClN5O3/c1-17-7-15-16-11(17)4-5-14-12(19)9-6-8(13)2-3-10(9)18(20)21/h2-3,6-7H,4-5H2,1H3,(H,14,19). The maximum Gasteiger partial charge on any atom is 0.282 e. The Morgan fingerprint density at radius 3 is 2.90 bits per heavy atom. The Morgan fingerprint density at radius 1 is 1.52 bits per heavy atom. The molecule has 1 heterocycles. The Morgan fingerprint density at radius 2 is 2.29 bits per heavy atom. The zero-order valence-electron chi connectivity index (χ0n) is 11.1. The van der Waals surface area contributed by atoms with Gasteiger partial charge in [0.1, 0.15) is 17.7 Å². The summed E-state index contributed by atoms with van der Waals surface area (Å²) in [4.78, 5) is 22.3. The molecule has 0 aliphatic heterocycles. The summed E-state index contributed by atoms with van der Waals surface area (Å²) in [6.45, 7) is 0.287. The van der Waals surface area contributed by atoms with Gasteiger partial charge in [0.05, 0.1) is 4.92 Å². The highest BCUT2D eigenvalue weighted by Gasteiger charge is 2.20. The number of nitro groups is 1. The van der Waals surface area contributed by atoms with E-state index in [0.717, 1.165) is 0 Å². The van der Waals surface area contributed by atoms with Crippen LogP contribution in [0.15, 0.2) is 24.5 Å². The SMILES string of the molecule is Cn1cnnc1CCNC(=O)c1cc(Cl)ccc1[N+](=O)[O-]. The number of hydrogen-bond acceptors (Lipinski definition) is 5. The van der Waals surface area contributed by atoms with E-state index in [1.165, 1.54) is 18.2 Å². The van der Waals surface area contributed by atoms with Crippen LogP contribution in [-0.2, 0) is 13.5 Å². The van der Waals surface area contributed by atoms with E-state index in [0.29, 0.717) is 12.2 Å². The van der Waals surface area contributed by atoms with Crippen LogP contribution in [0.25, 0.3) is 0 Å². The molecule has 0 unspecified atom stereocenters. The molecule has 8 nitrogen and oxygen atoms in total. The summed E-state index contributed by atoms with van der Waals surface area (Å²) in [6, 6.07) is 3.85. The summed E-state index contributed by atoms with van der Waals surface area (Å²) in [5, 5.41) is 21.4. The summed E-state index contributed by atoms with van der Waals surface area (Å²) in [7, 11) is 1.79. The van der Waals surface area contributed by atoms with Crippen molar-refractivity contribution in [2.45, 2.75) is 6.42 Å². The number of hydrogen-bond donors (Lipinski definition) is 1. The predicted octanol–water partition coefficient (Wildman–Crippen LogP) is 1.35. The highest BCUT2D eigenvalue weighted by Crippen LogP contribution is 2.22. The van der Waals surface area contributed by atoms with Gasteiger partial charge in [0.15, 0.2) is 0 Å². The molecule has 0 bridgehead atoms. The first-order valence-electron chi connectivity index (χ1n) is 6.04. The number of benzene rings is 1. The second-order valence-electron chi connectivity index (χ2n) is 4.28. The van der Waals surface area contributed by atoms with Crippen LogP contribution in [0.4, 0.5) is 5.69 Å². The number of nitrogens with zero attached hydrogens (tertiary/aromatic N) is 4. The fourth-order valence-electron chi connectivity index (χ4n) is 1.77. The lowest BCUT2D eigenvalue weighted by Gasteiger charge is -2.06. The average molecular weight is 310 g/mol. The molecule has 0 aliphatic carbocycles. The number of amides is 1. The third kappa shape index (κ3) is 3.54. The number of carbonyl (C=O) groups excluding carboxylic acids is 1. The first-order chi connectivity index (χ1) is 9.99. The van der Waals surface area contributed by atoms with Gasteiger partial charge in [-0.05, 0) is 12.1 Å². The van der Waals surface area contributed by atoms with Gasteiger partial charge in [0.25, 0.3) is 11.6 Å². The van der Waals surface area contributed by atoms with E-state index in [1.54, 1.807) is 17.9 Å². The summed E-state index contributed by atoms with van der Waals surface area (Å²) < 4.78 is 1.73. The van der Waals surface area contributed by atoms with E-state index in [-0.39, 0.29) is 22.8 Å². The Hall–Kier alpha value is -2.48. The van der Waals surface area contributed by atoms with Crippen LogP contribution >= 0.6 is 11.6 Å². The van der Waals surface area contributed by atoms with Crippen LogP contribution in [0.1, 0.15) is 16.2 Å². The van der Waals surface area contributed by atoms with E-state index in [1.807, 2.05) is 0 Å². The second kappa shape index (κ2) is 6.31. The Balaban J connectivity index is 2.05. The third-order valence-electron chi connectivity index (χ3n) is 2.84. The molecule has 1 aromatic heterocycles. The quantitative estimate of drug-likeness (QED) is 0.663. The zero-order chi connectivity index (χ0) is 15.4. The normalized spacial score (nSPS) is 10.4. The van der Waals surface area contributed by atoms with Gasteiger partial charge in [-0.1, -0.05) is 11.6 Å². The number of halogens is 1. The fourth-order valence-corrected chi connectivity index (χ4v) is 1.94. The molecule has 21 heavy (non-hydrogen) atoms. The molecule has 0 radical (unpaired) electrons. The van der Waals surface area contributed by atoms with E-state index < -0.39 is 10.8 Å². The Kier molecular flexibility index (Phi) is 4.49. The molecule has 0 saturated heterocycles. The molecule has 1 amide bonds. The van der Waals surface area contributed by atoms with Crippen molar-refractivity contribution in [2.75, 3.05) is 6.54 Å². The van der Waals surface area contributed by atoms with Crippen LogP contribution in [-0.4, -0.2) is 32.1 Å². The number of rotatable bonds is 5. The van der Waals surface area contributed by atoms with Crippen molar-refractivity contribution in [1.29, 1.82) is 0 Å². The summed E-state index contributed by atoms with van der Waals surface area (Å²) in [5.41, 5.74) is -0.346. The molecule has 2 aromatic rings. The van der Waals surface area contributed by atoms with Gasteiger partial charge in [0.2, 0.25) is 0 Å². The minimum Gasteiger partial charge on any atom is -0.351 e. The van der Waals surface area contributed by atoms with Crippen LogP contribution < -0.4 is 5.32 Å². The molecule has 1 N–H and O–H groups in total. The first-order valence-corrected chi connectivity index (χ1v) is 6.42. The molecule has 0 spiro atoms. The first kappa shape index (κ1) is 14.9. The fraction of sp³-hybridized carbons (Fsp3) is 0.250. The highest BCUT2D eigenvalue weighted by molar-refractivity contribution is 6.31. The van der Waals surface area contributed by atoms with Crippen molar-refractivity contribution in [3.63, 3.8) is 0 Å². The largest absolute Gasteiger partial charge is 0.351 e. The minimum absolute atomic E-state index is 0.0644. The van der Waals surface area contributed by atoms with Gasteiger partial charge in [-0.3, -0.25) is 14.9 Å². The van der Waals surface area contributed by atoms with E-state index in [2.05, 4.69) is 15.5 Å². The van der Waals surface area contributed by atoms with Crippen LogP contribution in [0, 0.1) is 10.1 Å². The van der Waals surface area contributed by atoms with Crippen LogP contribution in [0.5, 0.6) is 0 Å². The maximum atomic E-state index is 12.0. The number of aromatic nitrogens is 3. The van der Waals surface area contributed by atoms with Gasteiger partial charge in [-0.15, -0.1) is 10.2 Å². The number of carbonyl (C=O) groups is 1. The second-order valence-corrected chi connectivity index (χ2v) is 4.72.